The molecule has 0 unspecified atom stereocenters. The number of nitrogens with one attached hydrogen (secondary N) is 1. The minimum atomic E-state index is -1.00. The lowest BCUT2D eigenvalue weighted by Gasteiger charge is -2.42. The number of hydrogen-bond donors (Lipinski definition) is 2. The SMILES string of the molecule is CC(C)(C)CC(=O)C1(NC(=O)CCC(=O)O)CCC1. The predicted octanol–water partition coefficient (Wildman–Crippen LogP) is 1.90. The third-order valence-electron chi connectivity index (χ3n) is 3.38. The van der Waals surface area contributed by atoms with Crippen LogP contribution >= 0.6 is 0 Å². The zero-order valence-corrected chi connectivity index (χ0v) is 11.9. The van der Waals surface area contributed by atoms with Gasteiger partial charge in [-0.05, 0) is 24.7 Å². The van der Waals surface area contributed by atoms with Crippen molar-refractivity contribution in [3.63, 3.8) is 0 Å². The van der Waals surface area contributed by atoms with Crippen LogP contribution in [0.2, 0.25) is 0 Å². The lowest BCUT2D eigenvalue weighted by Crippen LogP contribution is -2.59. The fourth-order valence-electron chi connectivity index (χ4n) is 2.20. The van der Waals surface area contributed by atoms with E-state index in [9.17, 15) is 14.4 Å². The molecule has 0 heterocycles. The largest absolute Gasteiger partial charge is 0.481 e. The van der Waals surface area contributed by atoms with Gasteiger partial charge in [0.25, 0.3) is 0 Å². The number of Topliss-reactive ketones (excluding diaryl/α,β-unsaturated/α-hetero) is 1. The van der Waals surface area contributed by atoms with Crippen molar-refractivity contribution in [2.45, 2.75) is 64.8 Å². The van der Waals surface area contributed by atoms with Crippen molar-refractivity contribution in [2.75, 3.05) is 0 Å². The molecule has 1 saturated carbocycles. The first kappa shape index (κ1) is 15.7. The van der Waals surface area contributed by atoms with Crippen molar-refractivity contribution < 1.29 is 19.5 Å². The van der Waals surface area contributed by atoms with Crippen molar-refractivity contribution in [2.24, 2.45) is 5.41 Å². The highest BCUT2D eigenvalue weighted by Gasteiger charge is 2.45. The van der Waals surface area contributed by atoms with Gasteiger partial charge in [-0.15, -0.1) is 0 Å². The molecule has 1 fully saturated rings. The summed E-state index contributed by atoms with van der Waals surface area (Å²) in [5.74, 6) is -1.28. The Morgan fingerprint density at radius 2 is 1.74 bits per heavy atom. The first-order valence-electron chi connectivity index (χ1n) is 6.71. The monoisotopic (exact) mass is 269 g/mol. The van der Waals surface area contributed by atoms with Gasteiger partial charge in [0.15, 0.2) is 5.78 Å². The van der Waals surface area contributed by atoms with Crippen molar-refractivity contribution in [3.8, 4) is 0 Å². The van der Waals surface area contributed by atoms with Crippen LogP contribution in [0, 0.1) is 5.41 Å². The number of rotatable bonds is 6. The Morgan fingerprint density at radius 3 is 2.11 bits per heavy atom. The molecule has 0 aromatic heterocycles. The molecular weight excluding hydrogens is 246 g/mol. The normalized spacial score (nSPS) is 17.4. The quantitative estimate of drug-likeness (QED) is 0.771. The van der Waals surface area contributed by atoms with E-state index < -0.39 is 11.5 Å². The van der Waals surface area contributed by atoms with Crippen LogP contribution < -0.4 is 5.32 Å². The smallest absolute Gasteiger partial charge is 0.303 e. The molecule has 0 radical (unpaired) electrons. The van der Waals surface area contributed by atoms with Crippen molar-refractivity contribution in [1.29, 1.82) is 0 Å². The Kier molecular flexibility index (Phi) is 4.71. The summed E-state index contributed by atoms with van der Waals surface area (Å²) in [5.41, 5.74) is -0.839. The number of carbonyl (C=O) groups is 3. The number of hydrogen-bond acceptors (Lipinski definition) is 3. The Balaban J connectivity index is 2.58. The average Bonchev–Trinajstić information content (AvgIpc) is 2.17. The summed E-state index contributed by atoms with van der Waals surface area (Å²) in [6.45, 7) is 5.97. The Hall–Kier alpha value is -1.39. The molecule has 2 N–H and O–H groups in total. The summed E-state index contributed by atoms with van der Waals surface area (Å²) in [6, 6.07) is 0. The molecule has 0 aromatic rings. The van der Waals surface area contributed by atoms with Crippen LogP contribution in [-0.4, -0.2) is 28.3 Å². The molecule has 1 rings (SSSR count). The van der Waals surface area contributed by atoms with Crippen molar-refractivity contribution in [3.05, 3.63) is 0 Å². The maximum absolute atomic E-state index is 12.3. The maximum atomic E-state index is 12.3. The lowest BCUT2D eigenvalue weighted by atomic mass is 9.70. The number of carbonyl (C=O) groups excluding carboxylic acids is 2. The fourth-order valence-corrected chi connectivity index (χ4v) is 2.20. The van der Waals surface area contributed by atoms with E-state index in [-0.39, 0.29) is 29.9 Å². The van der Waals surface area contributed by atoms with E-state index in [1.54, 1.807) is 0 Å². The predicted molar refractivity (Wildman–Crippen MR) is 70.7 cm³/mol. The van der Waals surface area contributed by atoms with E-state index in [0.717, 1.165) is 6.42 Å². The maximum Gasteiger partial charge on any atom is 0.303 e. The number of ketones is 1. The summed E-state index contributed by atoms with van der Waals surface area (Å²) in [5, 5.41) is 11.3. The van der Waals surface area contributed by atoms with Gasteiger partial charge in [0.1, 0.15) is 0 Å². The van der Waals surface area contributed by atoms with Gasteiger partial charge in [0.2, 0.25) is 5.91 Å². The first-order valence-corrected chi connectivity index (χ1v) is 6.71. The van der Waals surface area contributed by atoms with Crippen LogP contribution in [0.4, 0.5) is 0 Å². The zero-order chi connectivity index (χ0) is 14.7. The van der Waals surface area contributed by atoms with Gasteiger partial charge in [-0.25, -0.2) is 0 Å². The number of carboxylic acids is 1. The van der Waals surface area contributed by atoms with E-state index in [1.165, 1.54) is 0 Å². The third kappa shape index (κ3) is 4.65. The van der Waals surface area contributed by atoms with Gasteiger partial charge in [-0.1, -0.05) is 20.8 Å². The van der Waals surface area contributed by atoms with Gasteiger partial charge in [-0.2, -0.15) is 0 Å². The standard InChI is InChI=1S/C14H23NO4/c1-13(2,3)9-10(16)14(7-4-8-14)15-11(17)5-6-12(18)19/h4-9H2,1-3H3,(H,15,17)(H,18,19). The van der Waals surface area contributed by atoms with Crippen LogP contribution in [0.3, 0.4) is 0 Å². The van der Waals surface area contributed by atoms with Gasteiger partial charge >= 0.3 is 5.97 Å². The molecule has 0 aromatic carbocycles. The topological polar surface area (TPSA) is 83.5 Å². The van der Waals surface area contributed by atoms with Crippen LogP contribution in [0.5, 0.6) is 0 Å². The highest BCUT2D eigenvalue weighted by Crippen LogP contribution is 2.36. The molecule has 5 heteroatoms. The summed E-state index contributed by atoms with van der Waals surface area (Å²) >= 11 is 0. The van der Waals surface area contributed by atoms with E-state index in [4.69, 9.17) is 5.11 Å². The zero-order valence-electron chi connectivity index (χ0n) is 11.9. The Bertz CT molecular complexity index is 377. The van der Waals surface area contributed by atoms with Crippen LogP contribution in [0.15, 0.2) is 0 Å². The highest BCUT2D eigenvalue weighted by molar-refractivity contribution is 5.94. The Morgan fingerprint density at radius 1 is 1.16 bits per heavy atom. The van der Waals surface area contributed by atoms with Crippen LogP contribution in [-0.2, 0) is 14.4 Å². The molecule has 0 saturated heterocycles. The molecule has 0 atom stereocenters. The molecule has 1 aliphatic rings. The molecule has 0 bridgehead atoms. The van der Waals surface area contributed by atoms with Gasteiger partial charge in [0, 0.05) is 12.8 Å². The van der Waals surface area contributed by atoms with Crippen molar-refractivity contribution >= 4 is 17.7 Å². The second-order valence-electron chi connectivity index (χ2n) is 6.54. The summed E-state index contributed by atoms with van der Waals surface area (Å²) in [6.07, 6.45) is 2.41. The molecule has 1 aliphatic carbocycles. The summed E-state index contributed by atoms with van der Waals surface area (Å²) < 4.78 is 0. The lowest BCUT2D eigenvalue weighted by molar-refractivity contribution is -0.140. The minimum Gasteiger partial charge on any atom is -0.481 e. The second-order valence-corrected chi connectivity index (χ2v) is 6.54. The average molecular weight is 269 g/mol. The Labute approximate surface area is 113 Å². The second kappa shape index (κ2) is 5.72. The van der Waals surface area contributed by atoms with Crippen LogP contribution in [0.1, 0.15) is 59.3 Å². The minimum absolute atomic E-state index is 0.0647. The molecule has 19 heavy (non-hydrogen) atoms. The fraction of sp³-hybridized carbons (Fsp3) is 0.786. The van der Waals surface area contributed by atoms with E-state index in [0.29, 0.717) is 19.3 Å². The molecular formula is C14H23NO4. The molecule has 1 amide bonds. The summed E-state index contributed by atoms with van der Waals surface area (Å²) in [7, 11) is 0. The van der Waals surface area contributed by atoms with Gasteiger partial charge in [0.05, 0.1) is 12.0 Å². The van der Waals surface area contributed by atoms with E-state index in [1.807, 2.05) is 20.8 Å². The van der Waals surface area contributed by atoms with E-state index >= 15 is 0 Å². The summed E-state index contributed by atoms with van der Waals surface area (Å²) in [4.78, 5) is 34.4. The molecule has 0 aliphatic heterocycles. The van der Waals surface area contributed by atoms with Gasteiger partial charge < -0.3 is 10.4 Å². The number of amides is 1. The first-order chi connectivity index (χ1) is 8.65. The third-order valence-corrected chi connectivity index (χ3v) is 3.38. The highest BCUT2D eigenvalue weighted by atomic mass is 16.4. The molecule has 5 nitrogen and oxygen atoms in total. The number of carboxylic acid groups (broad SMARTS) is 1. The molecule has 0 spiro atoms. The molecule has 108 valence electrons. The number of aliphatic carboxylic acids is 1. The van der Waals surface area contributed by atoms with E-state index in [2.05, 4.69) is 5.32 Å². The van der Waals surface area contributed by atoms with Crippen molar-refractivity contribution in [1.82, 2.24) is 5.32 Å². The van der Waals surface area contributed by atoms with Crippen LogP contribution in [0.25, 0.3) is 0 Å². The van der Waals surface area contributed by atoms with Gasteiger partial charge in [-0.3, -0.25) is 14.4 Å².